The molecule has 0 spiro atoms. The normalized spacial score (nSPS) is 10.7. The lowest BCUT2D eigenvalue weighted by molar-refractivity contribution is 0.0718. The first kappa shape index (κ1) is 19.3. The summed E-state index contributed by atoms with van der Waals surface area (Å²) in [5.41, 5.74) is 1.97. The van der Waals surface area contributed by atoms with Gasteiger partial charge in [-0.1, -0.05) is 65.8 Å². The third kappa shape index (κ3) is 4.36. The maximum absolute atomic E-state index is 12.8. The first-order valence-electron chi connectivity index (χ1n) is 8.97. The molecule has 0 aliphatic carbocycles. The van der Waals surface area contributed by atoms with E-state index >= 15 is 0 Å². The van der Waals surface area contributed by atoms with Crippen LogP contribution in [0.2, 0.25) is 5.02 Å². The lowest BCUT2D eigenvalue weighted by atomic mass is 10.2. The molecule has 4 aromatic rings. The summed E-state index contributed by atoms with van der Waals surface area (Å²) >= 11 is 7.54. The number of carbonyl (C=O) groups excluding carboxylic acids is 1. The molecule has 0 bridgehead atoms. The van der Waals surface area contributed by atoms with E-state index in [2.05, 4.69) is 5.10 Å². The van der Waals surface area contributed by atoms with Gasteiger partial charge in [0.15, 0.2) is 0 Å². The molecular formula is C23H17ClN2O2S. The lowest BCUT2D eigenvalue weighted by Gasteiger charge is -2.10. The highest BCUT2D eigenvalue weighted by Crippen LogP contribution is 2.39. The van der Waals surface area contributed by atoms with Gasteiger partial charge in [0, 0.05) is 9.92 Å². The molecule has 0 atom stereocenters. The molecule has 4 rings (SSSR count). The van der Waals surface area contributed by atoms with Crippen molar-refractivity contribution in [2.24, 2.45) is 0 Å². The second-order valence-corrected chi connectivity index (χ2v) is 7.80. The Morgan fingerprint density at radius 2 is 1.66 bits per heavy atom. The summed E-state index contributed by atoms with van der Waals surface area (Å²) in [5.74, 6) is -0.105. The second-order valence-electron chi connectivity index (χ2n) is 6.28. The fraction of sp³-hybridized carbons (Fsp3) is 0.0435. The number of para-hydroxylation sites is 1. The number of hydrogen-bond acceptors (Lipinski definition) is 4. The van der Waals surface area contributed by atoms with Crippen LogP contribution in [0.3, 0.4) is 0 Å². The summed E-state index contributed by atoms with van der Waals surface area (Å²) in [6.07, 6.45) is 0. The topological polar surface area (TPSA) is 44.1 Å². The zero-order valence-electron chi connectivity index (χ0n) is 15.6. The van der Waals surface area contributed by atoms with Crippen molar-refractivity contribution in [2.45, 2.75) is 16.7 Å². The van der Waals surface area contributed by atoms with Gasteiger partial charge < -0.3 is 4.74 Å². The molecule has 0 saturated carbocycles. The molecule has 0 amide bonds. The van der Waals surface area contributed by atoms with Crippen molar-refractivity contribution < 1.29 is 9.53 Å². The highest BCUT2D eigenvalue weighted by molar-refractivity contribution is 7.99. The van der Waals surface area contributed by atoms with Crippen LogP contribution in [0, 0.1) is 6.92 Å². The van der Waals surface area contributed by atoms with E-state index in [1.54, 1.807) is 28.9 Å². The number of nitrogens with zero attached hydrogens (tertiary/aromatic N) is 2. The van der Waals surface area contributed by atoms with Crippen molar-refractivity contribution in [3.8, 4) is 11.6 Å². The fourth-order valence-electron chi connectivity index (χ4n) is 2.81. The molecule has 0 aliphatic rings. The van der Waals surface area contributed by atoms with Crippen LogP contribution in [0.5, 0.6) is 5.88 Å². The van der Waals surface area contributed by atoms with E-state index in [9.17, 15) is 4.79 Å². The van der Waals surface area contributed by atoms with Crippen molar-refractivity contribution in [3.63, 3.8) is 0 Å². The molecule has 0 fully saturated rings. The molecule has 1 heterocycles. The molecule has 0 saturated heterocycles. The number of aryl methyl sites for hydroxylation is 1. The van der Waals surface area contributed by atoms with Gasteiger partial charge in [0.05, 0.1) is 21.8 Å². The van der Waals surface area contributed by atoms with Gasteiger partial charge in [0.1, 0.15) is 0 Å². The summed E-state index contributed by atoms with van der Waals surface area (Å²) in [5, 5.41) is 5.11. The van der Waals surface area contributed by atoms with Crippen LogP contribution in [-0.4, -0.2) is 15.7 Å². The number of hydrogen-bond donors (Lipinski definition) is 0. The Bertz CT molecular complexity index is 1140. The summed E-state index contributed by atoms with van der Waals surface area (Å²) in [4.78, 5) is 14.7. The Kier molecular flexibility index (Phi) is 5.69. The van der Waals surface area contributed by atoms with E-state index in [0.29, 0.717) is 16.5 Å². The fourth-order valence-corrected chi connectivity index (χ4v) is 3.93. The molecule has 3 aromatic carbocycles. The number of halogens is 1. The number of benzene rings is 3. The molecule has 144 valence electrons. The minimum Gasteiger partial charge on any atom is -0.402 e. The lowest BCUT2D eigenvalue weighted by Crippen LogP contribution is -2.12. The van der Waals surface area contributed by atoms with Gasteiger partial charge in [-0.3, -0.25) is 0 Å². The van der Waals surface area contributed by atoms with E-state index in [1.165, 1.54) is 11.8 Å². The maximum atomic E-state index is 12.8. The van der Waals surface area contributed by atoms with Crippen LogP contribution in [-0.2, 0) is 0 Å². The quantitative estimate of drug-likeness (QED) is 0.360. The Morgan fingerprint density at radius 3 is 2.34 bits per heavy atom. The van der Waals surface area contributed by atoms with Crippen LogP contribution in [0.4, 0.5) is 0 Å². The largest absolute Gasteiger partial charge is 0.402 e. The summed E-state index contributed by atoms with van der Waals surface area (Å²) in [6.45, 7) is 1.90. The van der Waals surface area contributed by atoms with Gasteiger partial charge in [-0.2, -0.15) is 9.78 Å². The first-order chi connectivity index (χ1) is 14.1. The van der Waals surface area contributed by atoms with Crippen LogP contribution < -0.4 is 4.74 Å². The Morgan fingerprint density at radius 1 is 0.966 bits per heavy atom. The smallest absolute Gasteiger partial charge is 0.344 e. The predicted molar refractivity (Wildman–Crippen MR) is 115 cm³/mol. The second kappa shape index (κ2) is 8.55. The van der Waals surface area contributed by atoms with Crippen LogP contribution in [0.15, 0.2) is 94.7 Å². The van der Waals surface area contributed by atoms with Gasteiger partial charge in [-0.25, -0.2) is 4.79 Å². The van der Waals surface area contributed by atoms with Crippen LogP contribution >= 0.6 is 23.4 Å². The molecule has 0 N–H and O–H groups in total. The minimum atomic E-state index is -0.487. The van der Waals surface area contributed by atoms with Crippen LogP contribution in [0.1, 0.15) is 16.1 Å². The van der Waals surface area contributed by atoms with Gasteiger partial charge in [-0.15, -0.1) is 0 Å². The zero-order chi connectivity index (χ0) is 20.2. The van der Waals surface area contributed by atoms with Crippen LogP contribution in [0.25, 0.3) is 5.69 Å². The third-order valence-corrected chi connectivity index (χ3v) is 5.60. The number of aromatic nitrogens is 2. The highest BCUT2D eigenvalue weighted by Gasteiger charge is 2.22. The molecular weight excluding hydrogens is 404 g/mol. The van der Waals surface area contributed by atoms with Gasteiger partial charge >= 0.3 is 5.97 Å². The van der Waals surface area contributed by atoms with E-state index in [4.69, 9.17) is 16.3 Å². The summed E-state index contributed by atoms with van der Waals surface area (Å²) < 4.78 is 7.50. The Labute approximate surface area is 178 Å². The SMILES string of the molecule is Cc1nn(-c2ccccc2)c(OC(=O)c2cccc(Cl)c2)c1Sc1ccccc1. The van der Waals surface area contributed by atoms with E-state index in [0.717, 1.165) is 21.2 Å². The average molecular weight is 421 g/mol. The molecule has 1 aromatic heterocycles. The summed E-state index contributed by atoms with van der Waals surface area (Å²) in [7, 11) is 0. The van der Waals surface area contributed by atoms with Gasteiger partial charge in [0.25, 0.3) is 0 Å². The number of esters is 1. The molecule has 0 radical (unpaired) electrons. The van der Waals surface area contributed by atoms with E-state index < -0.39 is 5.97 Å². The van der Waals surface area contributed by atoms with E-state index in [-0.39, 0.29) is 0 Å². The molecule has 29 heavy (non-hydrogen) atoms. The van der Waals surface area contributed by atoms with Crippen molar-refractivity contribution in [3.05, 3.63) is 101 Å². The Hall–Kier alpha value is -3.02. The van der Waals surface area contributed by atoms with Crippen molar-refractivity contribution in [1.82, 2.24) is 9.78 Å². The van der Waals surface area contributed by atoms with Crippen molar-refractivity contribution in [2.75, 3.05) is 0 Å². The maximum Gasteiger partial charge on any atom is 0.344 e. The monoisotopic (exact) mass is 420 g/mol. The van der Waals surface area contributed by atoms with Crippen molar-refractivity contribution >= 4 is 29.3 Å². The van der Waals surface area contributed by atoms with Gasteiger partial charge in [-0.05, 0) is 49.4 Å². The number of ether oxygens (including phenoxy) is 1. The zero-order valence-corrected chi connectivity index (χ0v) is 17.2. The molecule has 6 heteroatoms. The Balaban J connectivity index is 1.77. The first-order valence-corrected chi connectivity index (χ1v) is 10.2. The van der Waals surface area contributed by atoms with E-state index in [1.807, 2.05) is 67.6 Å². The standard InChI is InChI=1S/C23H17ClN2O2S/c1-16-21(29-20-13-6-3-7-14-20)22(26(25-16)19-11-4-2-5-12-19)28-23(27)17-9-8-10-18(24)15-17/h2-15H,1H3. The average Bonchev–Trinajstić information content (AvgIpc) is 3.05. The third-order valence-electron chi connectivity index (χ3n) is 4.18. The predicted octanol–water partition coefficient (Wildman–Crippen LogP) is 6.20. The minimum absolute atomic E-state index is 0.381. The highest BCUT2D eigenvalue weighted by atomic mass is 35.5. The molecule has 0 unspecified atom stereocenters. The number of rotatable bonds is 5. The van der Waals surface area contributed by atoms with Gasteiger partial charge in [0.2, 0.25) is 5.88 Å². The summed E-state index contributed by atoms with van der Waals surface area (Å²) in [6, 6.07) is 26.2. The molecule has 4 nitrogen and oxygen atoms in total. The molecule has 0 aliphatic heterocycles. The number of carbonyl (C=O) groups is 1. The van der Waals surface area contributed by atoms with Crippen molar-refractivity contribution in [1.29, 1.82) is 0 Å².